The molecule has 0 aromatic carbocycles. The molecule has 0 aliphatic carbocycles. The second-order valence-electron chi connectivity index (χ2n) is 5.26. The molecule has 4 nitrogen and oxygen atoms in total. The van der Waals surface area contributed by atoms with Crippen molar-refractivity contribution in [2.45, 2.75) is 39.4 Å². The lowest BCUT2D eigenvalue weighted by molar-refractivity contribution is 0.292. The monoisotopic (exact) mass is 235 g/mol. The zero-order valence-electron chi connectivity index (χ0n) is 11.1. The van der Waals surface area contributed by atoms with Crippen molar-refractivity contribution in [1.29, 1.82) is 0 Å². The molecule has 0 radical (unpaired) electrons. The number of terminal acetylenes is 1. The molecule has 17 heavy (non-hydrogen) atoms. The summed E-state index contributed by atoms with van der Waals surface area (Å²) in [4.78, 5) is 2.00. The van der Waals surface area contributed by atoms with Crippen LogP contribution in [0.1, 0.15) is 32.2 Å². The molecule has 0 aliphatic heterocycles. The van der Waals surface area contributed by atoms with Gasteiger partial charge in [0.2, 0.25) is 0 Å². The Balaban J connectivity index is 2.46. The van der Waals surface area contributed by atoms with Crippen LogP contribution in [0.5, 0.6) is 0 Å². The van der Waals surface area contributed by atoms with Gasteiger partial charge in [-0.2, -0.15) is 0 Å². The Morgan fingerprint density at radius 1 is 1.53 bits per heavy atom. The minimum absolute atomic E-state index is 0.0827. The first-order chi connectivity index (χ1) is 7.90. The first kappa shape index (κ1) is 13.8. The summed E-state index contributed by atoms with van der Waals surface area (Å²) in [5, 5.41) is 7.38. The molecule has 1 rings (SSSR count). The first-order valence-electron chi connectivity index (χ1n) is 5.72. The summed E-state index contributed by atoms with van der Waals surface area (Å²) in [6.07, 6.45) is 5.24. The van der Waals surface area contributed by atoms with Crippen LogP contribution in [0.2, 0.25) is 0 Å². The van der Waals surface area contributed by atoms with Crippen molar-refractivity contribution in [3.63, 3.8) is 0 Å². The lowest BCUT2D eigenvalue weighted by Crippen LogP contribution is -2.35. The molecule has 0 bridgehead atoms. The van der Waals surface area contributed by atoms with E-state index in [0.717, 1.165) is 11.5 Å². The van der Waals surface area contributed by atoms with Crippen LogP contribution in [0, 0.1) is 12.3 Å². The van der Waals surface area contributed by atoms with Crippen LogP contribution < -0.4 is 5.32 Å². The van der Waals surface area contributed by atoms with Gasteiger partial charge in [-0.3, -0.25) is 4.90 Å². The van der Waals surface area contributed by atoms with E-state index in [9.17, 15) is 0 Å². The molecule has 1 aromatic rings. The van der Waals surface area contributed by atoms with Gasteiger partial charge in [-0.25, -0.2) is 0 Å². The molecule has 0 spiro atoms. The standard InChI is InChI=1S/C13H21N3O/c1-6-7-16(5)10-12-8-11(15-17-12)9-14-13(2,3)4/h1,8,14H,7,9-10H2,2-5H3. The summed E-state index contributed by atoms with van der Waals surface area (Å²) in [6, 6.07) is 1.96. The lowest BCUT2D eigenvalue weighted by Gasteiger charge is -2.19. The second kappa shape index (κ2) is 5.85. The smallest absolute Gasteiger partial charge is 0.151 e. The lowest BCUT2D eigenvalue weighted by atomic mass is 10.1. The zero-order valence-corrected chi connectivity index (χ0v) is 11.1. The van der Waals surface area contributed by atoms with Gasteiger partial charge in [-0.05, 0) is 27.8 Å². The van der Waals surface area contributed by atoms with Gasteiger partial charge in [0.25, 0.3) is 0 Å². The summed E-state index contributed by atoms with van der Waals surface area (Å²) >= 11 is 0. The summed E-state index contributed by atoms with van der Waals surface area (Å²) in [5.74, 6) is 3.43. The number of hydrogen-bond donors (Lipinski definition) is 1. The van der Waals surface area contributed by atoms with E-state index in [0.29, 0.717) is 19.6 Å². The Bertz CT molecular complexity index is 384. The van der Waals surface area contributed by atoms with Crippen LogP contribution in [-0.2, 0) is 13.1 Å². The molecule has 1 heterocycles. The number of aromatic nitrogens is 1. The Labute approximate surface area is 103 Å². The predicted octanol–water partition coefficient (Wildman–Crippen LogP) is 1.63. The normalized spacial score (nSPS) is 11.8. The van der Waals surface area contributed by atoms with E-state index < -0.39 is 0 Å². The molecule has 0 fully saturated rings. The van der Waals surface area contributed by atoms with Crippen molar-refractivity contribution in [2.24, 2.45) is 0 Å². The van der Waals surface area contributed by atoms with Gasteiger partial charge >= 0.3 is 0 Å². The Morgan fingerprint density at radius 3 is 2.82 bits per heavy atom. The van der Waals surface area contributed by atoms with E-state index in [-0.39, 0.29) is 5.54 Å². The minimum atomic E-state index is 0.0827. The predicted molar refractivity (Wildman–Crippen MR) is 68.3 cm³/mol. The highest BCUT2D eigenvalue weighted by Crippen LogP contribution is 2.08. The molecule has 0 atom stereocenters. The van der Waals surface area contributed by atoms with Gasteiger partial charge in [0.15, 0.2) is 5.76 Å². The average molecular weight is 235 g/mol. The van der Waals surface area contributed by atoms with Gasteiger partial charge < -0.3 is 9.84 Å². The quantitative estimate of drug-likeness (QED) is 0.788. The van der Waals surface area contributed by atoms with Crippen LogP contribution in [0.4, 0.5) is 0 Å². The molecule has 94 valence electrons. The average Bonchev–Trinajstić information content (AvgIpc) is 2.62. The molecule has 0 unspecified atom stereocenters. The first-order valence-corrected chi connectivity index (χ1v) is 5.72. The summed E-state index contributed by atoms with van der Waals surface area (Å²) < 4.78 is 5.25. The maximum absolute atomic E-state index is 5.25. The maximum Gasteiger partial charge on any atom is 0.151 e. The van der Waals surface area contributed by atoms with Crippen LogP contribution in [0.15, 0.2) is 10.6 Å². The van der Waals surface area contributed by atoms with Crippen LogP contribution in [-0.4, -0.2) is 29.2 Å². The molecule has 0 amide bonds. The van der Waals surface area contributed by atoms with Crippen molar-refractivity contribution in [3.05, 3.63) is 17.5 Å². The zero-order chi connectivity index (χ0) is 12.9. The van der Waals surface area contributed by atoms with E-state index in [2.05, 4.69) is 37.2 Å². The number of hydrogen-bond acceptors (Lipinski definition) is 4. The van der Waals surface area contributed by atoms with Crippen molar-refractivity contribution in [3.8, 4) is 12.3 Å². The van der Waals surface area contributed by atoms with Gasteiger partial charge in [0.1, 0.15) is 0 Å². The highest BCUT2D eigenvalue weighted by molar-refractivity contribution is 5.06. The Morgan fingerprint density at radius 2 is 2.24 bits per heavy atom. The largest absolute Gasteiger partial charge is 0.360 e. The Hall–Kier alpha value is -1.31. The van der Waals surface area contributed by atoms with Gasteiger partial charge in [-0.1, -0.05) is 11.1 Å². The summed E-state index contributed by atoms with van der Waals surface area (Å²) in [7, 11) is 1.95. The topological polar surface area (TPSA) is 41.3 Å². The van der Waals surface area contributed by atoms with E-state index in [1.165, 1.54) is 0 Å². The van der Waals surface area contributed by atoms with Crippen molar-refractivity contribution < 1.29 is 4.52 Å². The number of nitrogens with zero attached hydrogens (tertiary/aromatic N) is 2. The van der Waals surface area contributed by atoms with Crippen LogP contribution in [0.3, 0.4) is 0 Å². The van der Waals surface area contributed by atoms with Crippen molar-refractivity contribution in [1.82, 2.24) is 15.4 Å². The number of nitrogens with one attached hydrogen (secondary N) is 1. The molecule has 1 aromatic heterocycles. The third-order valence-corrected chi connectivity index (χ3v) is 2.19. The maximum atomic E-state index is 5.25. The van der Waals surface area contributed by atoms with E-state index in [1.807, 2.05) is 18.0 Å². The molecular weight excluding hydrogens is 214 g/mol. The van der Waals surface area contributed by atoms with E-state index in [1.54, 1.807) is 0 Å². The SMILES string of the molecule is C#CCN(C)Cc1cc(CNC(C)(C)C)no1. The fourth-order valence-electron chi connectivity index (χ4n) is 1.35. The molecular formula is C13H21N3O. The highest BCUT2D eigenvalue weighted by Gasteiger charge is 2.11. The van der Waals surface area contributed by atoms with Crippen LogP contribution in [0.25, 0.3) is 0 Å². The molecule has 1 N–H and O–H groups in total. The van der Waals surface area contributed by atoms with Crippen molar-refractivity contribution >= 4 is 0 Å². The Kier molecular flexibility index (Phi) is 4.73. The molecule has 0 saturated carbocycles. The van der Waals surface area contributed by atoms with Gasteiger partial charge in [0.05, 0.1) is 18.8 Å². The molecule has 0 aliphatic rings. The van der Waals surface area contributed by atoms with E-state index >= 15 is 0 Å². The summed E-state index contributed by atoms with van der Waals surface area (Å²) in [6.45, 7) is 8.37. The summed E-state index contributed by atoms with van der Waals surface area (Å²) in [5.41, 5.74) is 1.00. The third-order valence-electron chi connectivity index (χ3n) is 2.19. The number of rotatable bonds is 5. The minimum Gasteiger partial charge on any atom is -0.360 e. The molecule has 0 saturated heterocycles. The van der Waals surface area contributed by atoms with Crippen LogP contribution >= 0.6 is 0 Å². The van der Waals surface area contributed by atoms with Crippen molar-refractivity contribution in [2.75, 3.05) is 13.6 Å². The fraction of sp³-hybridized carbons (Fsp3) is 0.615. The van der Waals surface area contributed by atoms with Gasteiger partial charge in [0, 0.05) is 18.2 Å². The van der Waals surface area contributed by atoms with E-state index in [4.69, 9.17) is 10.9 Å². The molecule has 4 heteroatoms. The third kappa shape index (κ3) is 5.53. The fourth-order valence-corrected chi connectivity index (χ4v) is 1.35. The highest BCUT2D eigenvalue weighted by atomic mass is 16.5. The van der Waals surface area contributed by atoms with Gasteiger partial charge in [-0.15, -0.1) is 6.42 Å². The second-order valence-corrected chi connectivity index (χ2v) is 5.26.